The van der Waals surface area contributed by atoms with E-state index >= 15 is 0 Å². The Morgan fingerprint density at radius 1 is 1.33 bits per heavy atom. The fourth-order valence-electron chi connectivity index (χ4n) is 4.82. The Morgan fingerprint density at radius 3 is 2.79 bits per heavy atom. The molecular formula is C18H19NO5. The van der Waals surface area contributed by atoms with Gasteiger partial charge in [-0.2, -0.15) is 0 Å². The number of Topliss-reactive ketones (excluding diaryl/α,β-unsaturated/α-hetero) is 1. The van der Waals surface area contributed by atoms with E-state index in [1.165, 1.54) is 0 Å². The Morgan fingerprint density at radius 2 is 2.08 bits per heavy atom. The Hall–Kier alpha value is -2.21. The lowest BCUT2D eigenvalue weighted by atomic mass is 9.43. The number of hydrogen-bond donors (Lipinski definition) is 1. The highest BCUT2D eigenvalue weighted by atomic mass is 16.5. The molecule has 0 unspecified atom stereocenters. The number of ether oxygens (including phenoxy) is 2. The summed E-state index contributed by atoms with van der Waals surface area (Å²) in [4.78, 5) is 38.1. The van der Waals surface area contributed by atoms with E-state index in [1.807, 2.05) is 30.3 Å². The zero-order valence-corrected chi connectivity index (χ0v) is 13.4. The molecule has 6 nitrogen and oxygen atoms in total. The van der Waals surface area contributed by atoms with E-state index in [0.29, 0.717) is 18.6 Å². The highest BCUT2D eigenvalue weighted by Gasteiger charge is 2.86. The van der Waals surface area contributed by atoms with Crippen LogP contribution in [0.1, 0.15) is 25.3 Å². The zero-order chi connectivity index (χ0) is 16.9. The summed E-state index contributed by atoms with van der Waals surface area (Å²) in [6.07, 6.45) is 1.03. The number of carbonyl (C=O) groups excluding carboxylic acids is 3. The van der Waals surface area contributed by atoms with Crippen LogP contribution in [-0.4, -0.2) is 37.0 Å². The van der Waals surface area contributed by atoms with Gasteiger partial charge in [-0.1, -0.05) is 30.3 Å². The normalized spacial score (nSPS) is 37.0. The molecule has 6 heteroatoms. The van der Waals surface area contributed by atoms with E-state index in [1.54, 1.807) is 6.92 Å². The monoisotopic (exact) mass is 329 g/mol. The summed E-state index contributed by atoms with van der Waals surface area (Å²) in [7, 11) is 0. The van der Waals surface area contributed by atoms with Crippen molar-refractivity contribution in [3.63, 3.8) is 0 Å². The molecule has 3 aliphatic rings. The molecule has 0 bridgehead atoms. The SMILES string of the molecule is CCOC(=O)[C@]12C(=O)C(=O)N[C@]1(c1ccccc1)[C@@H]1OCCC[C@H]12. The Kier molecular flexibility index (Phi) is 3.28. The van der Waals surface area contributed by atoms with Gasteiger partial charge in [0.15, 0.2) is 5.41 Å². The molecular weight excluding hydrogens is 310 g/mol. The molecule has 3 fully saturated rings. The first-order valence-corrected chi connectivity index (χ1v) is 8.32. The number of nitrogens with one attached hydrogen (secondary N) is 1. The molecule has 2 aliphatic heterocycles. The molecule has 0 spiro atoms. The summed E-state index contributed by atoms with van der Waals surface area (Å²) in [5.74, 6) is -2.39. The van der Waals surface area contributed by atoms with Crippen LogP contribution in [0.2, 0.25) is 0 Å². The third-order valence-corrected chi connectivity index (χ3v) is 5.63. The maximum absolute atomic E-state index is 12.9. The predicted molar refractivity (Wildman–Crippen MR) is 82.8 cm³/mol. The van der Waals surface area contributed by atoms with Crippen molar-refractivity contribution >= 4 is 17.7 Å². The summed E-state index contributed by atoms with van der Waals surface area (Å²) in [6.45, 7) is 2.41. The third-order valence-electron chi connectivity index (χ3n) is 5.63. The Labute approximate surface area is 139 Å². The first kappa shape index (κ1) is 15.3. The van der Waals surface area contributed by atoms with Crippen LogP contribution in [0.15, 0.2) is 30.3 Å². The van der Waals surface area contributed by atoms with E-state index in [4.69, 9.17) is 9.47 Å². The fourth-order valence-corrected chi connectivity index (χ4v) is 4.82. The highest BCUT2D eigenvalue weighted by Crippen LogP contribution is 2.67. The summed E-state index contributed by atoms with van der Waals surface area (Å²) in [5.41, 5.74) is -1.98. The average molecular weight is 329 g/mol. The summed E-state index contributed by atoms with van der Waals surface area (Å²) in [5, 5.41) is 2.80. The first-order chi connectivity index (χ1) is 11.6. The van der Waals surface area contributed by atoms with Crippen molar-refractivity contribution in [2.75, 3.05) is 13.2 Å². The Balaban J connectivity index is 1.94. The van der Waals surface area contributed by atoms with Gasteiger partial charge in [0.25, 0.3) is 5.91 Å². The number of amides is 1. The number of rotatable bonds is 3. The first-order valence-electron chi connectivity index (χ1n) is 8.32. The van der Waals surface area contributed by atoms with E-state index in [2.05, 4.69) is 5.32 Å². The molecule has 4 rings (SSSR count). The minimum Gasteiger partial charge on any atom is -0.465 e. The molecule has 1 aromatic carbocycles. The quantitative estimate of drug-likeness (QED) is 0.507. The van der Waals surface area contributed by atoms with E-state index in [0.717, 1.165) is 6.42 Å². The van der Waals surface area contributed by atoms with Crippen molar-refractivity contribution < 1.29 is 23.9 Å². The summed E-state index contributed by atoms with van der Waals surface area (Å²) < 4.78 is 11.2. The van der Waals surface area contributed by atoms with Gasteiger partial charge in [0, 0.05) is 12.5 Å². The van der Waals surface area contributed by atoms with Crippen molar-refractivity contribution in [1.29, 1.82) is 0 Å². The molecule has 0 aromatic heterocycles. The van der Waals surface area contributed by atoms with E-state index in [9.17, 15) is 14.4 Å². The summed E-state index contributed by atoms with van der Waals surface area (Å²) in [6, 6.07) is 9.14. The van der Waals surface area contributed by atoms with Crippen LogP contribution in [0.3, 0.4) is 0 Å². The fraction of sp³-hybridized carbons (Fsp3) is 0.500. The molecule has 24 heavy (non-hydrogen) atoms. The van der Waals surface area contributed by atoms with Gasteiger partial charge in [-0.15, -0.1) is 0 Å². The van der Waals surface area contributed by atoms with Crippen molar-refractivity contribution in [2.45, 2.75) is 31.4 Å². The Bertz CT molecular complexity index is 717. The lowest BCUT2D eigenvalue weighted by molar-refractivity contribution is -0.241. The van der Waals surface area contributed by atoms with Crippen LogP contribution in [0.25, 0.3) is 0 Å². The van der Waals surface area contributed by atoms with Crippen molar-refractivity contribution in [3.05, 3.63) is 35.9 Å². The van der Waals surface area contributed by atoms with Crippen molar-refractivity contribution in [1.82, 2.24) is 5.32 Å². The number of hydrogen-bond acceptors (Lipinski definition) is 5. The molecule has 1 saturated carbocycles. The summed E-state index contributed by atoms with van der Waals surface area (Å²) >= 11 is 0. The number of benzene rings is 1. The molecule has 4 atom stereocenters. The van der Waals surface area contributed by atoms with E-state index < -0.39 is 34.7 Å². The lowest BCUT2D eigenvalue weighted by Crippen LogP contribution is -2.79. The maximum atomic E-state index is 12.9. The molecule has 2 saturated heterocycles. The van der Waals surface area contributed by atoms with Crippen LogP contribution in [0, 0.1) is 11.3 Å². The molecule has 0 radical (unpaired) electrons. The number of fused-ring (bicyclic) bond motifs is 4. The van der Waals surface area contributed by atoms with Gasteiger partial charge < -0.3 is 14.8 Å². The van der Waals surface area contributed by atoms with Crippen LogP contribution in [-0.2, 0) is 29.4 Å². The van der Waals surface area contributed by atoms with Gasteiger partial charge in [-0.3, -0.25) is 14.4 Å². The van der Waals surface area contributed by atoms with Crippen LogP contribution in [0.4, 0.5) is 0 Å². The van der Waals surface area contributed by atoms with E-state index in [-0.39, 0.29) is 12.5 Å². The van der Waals surface area contributed by atoms with Gasteiger partial charge in [0.05, 0.1) is 12.7 Å². The van der Waals surface area contributed by atoms with Gasteiger partial charge in [0.1, 0.15) is 5.54 Å². The topological polar surface area (TPSA) is 81.7 Å². The van der Waals surface area contributed by atoms with Gasteiger partial charge in [0.2, 0.25) is 5.78 Å². The van der Waals surface area contributed by atoms with Crippen molar-refractivity contribution in [3.8, 4) is 0 Å². The number of esters is 1. The lowest BCUT2D eigenvalue weighted by Gasteiger charge is -2.63. The standard InChI is InChI=1S/C18H19NO5/c1-2-23-16(22)17-12-9-6-10-24-14(12)18(17,19-15(21)13(17)20)11-7-4-3-5-8-11/h3-5,7-8,12,14H,2,6,9-10H2,1H3,(H,19,21)/t12-,14-,17+,18-/m1/s1. The molecule has 1 N–H and O–H groups in total. The molecule has 2 heterocycles. The smallest absolute Gasteiger partial charge is 0.323 e. The second kappa shape index (κ2) is 5.14. The van der Waals surface area contributed by atoms with Crippen LogP contribution >= 0.6 is 0 Å². The van der Waals surface area contributed by atoms with Gasteiger partial charge in [-0.05, 0) is 25.3 Å². The molecule has 126 valence electrons. The molecule has 1 aromatic rings. The van der Waals surface area contributed by atoms with Crippen molar-refractivity contribution in [2.24, 2.45) is 11.3 Å². The van der Waals surface area contributed by atoms with Gasteiger partial charge in [-0.25, -0.2) is 0 Å². The molecule has 1 aliphatic carbocycles. The number of carbonyl (C=O) groups is 3. The maximum Gasteiger partial charge on any atom is 0.323 e. The minimum atomic E-state index is -1.52. The highest BCUT2D eigenvalue weighted by molar-refractivity contribution is 6.46. The van der Waals surface area contributed by atoms with Gasteiger partial charge >= 0.3 is 5.97 Å². The third kappa shape index (κ3) is 1.52. The predicted octanol–water partition coefficient (Wildman–Crippen LogP) is 0.939. The second-order valence-electron chi connectivity index (χ2n) is 6.53. The largest absolute Gasteiger partial charge is 0.465 e. The number of ketones is 1. The zero-order valence-electron chi connectivity index (χ0n) is 13.4. The van der Waals surface area contributed by atoms with Crippen LogP contribution < -0.4 is 5.32 Å². The molecule has 1 amide bonds. The minimum absolute atomic E-state index is 0.158. The van der Waals surface area contributed by atoms with Crippen LogP contribution in [0.5, 0.6) is 0 Å². The second-order valence-corrected chi connectivity index (χ2v) is 6.53. The average Bonchev–Trinajstić information content (AvgIpc) is 2.80.